The van der Waals surface area contributed by atoms with Crippen molar-refractivity contribution < 1.29 is 9.53 Å². The van der Waals surface area contributed by atoms with E-state index in [1.54, 1.807) is 0 Å². The van der Waals surface area contributed by atoms with Gasteiger partial charge in [-0.05, 0) is 12.1 Å². The topological polar surface area (TPSA) is 50.7 Å². The molecule has 4 heteroatoms. The molecule has 2 heterocycles. The third-order valence-electron chi connectivity index (χ3n) is 3.58. The lowest BCUT2D eigenvalue weighted by molar-refractivity contribution is -0.135. The number of cyclic esters (lactones) is 1. The highest BCUT2D eigenvalue weighted by Crippen LogP contribution is 2.34. The minimum absolute atomic E-state index is 0.253. The van der Waals surface area contributed by atoms with Crippen molar-refractivity contribution in [3.8, 4) is 0 Å². The third-order valence-corrected chi connectivity index (χ3v) is 3.58. The molecule has 0 atom stereocenters. The van der Waals surface area contributed by atoms with E-state index in [-0.39, 0.29) is 12.6 Å². The second kappa shape index (κ2) is 4.59. The molecule has 0 radical (unpaired) electrons. The van der Waals surface area contributed by atoms with Gasteiger partial charge in [0, 0.05) is 11.1 Å². The van der Waals surface area contributed by atoms with Crippen molar-refractivity contribution in [3.05, 3.63) is 71.4 Å². The zero-order chi connectivity index (χ0) is 14.2. The first-order valence-electron chi connectivity index (χ1n) is 6.74. The second-order valence-electron chi connectivity index (χ2n) is 4.90. The van der Waals surface area contributed by atoms with Crippen LogP contribution in [0.3, 0.4) is 0 Å². The van der Waals surface area contributed by atoms with Crippen molar-refractivity contribution in [2.75, 3.05) is 11.9 Å². The standard InChI is InChI=1S/C17H12N2O2/c20-17-16-12(10-21-17)15(11-6-2-1-3-7-11)18-13-8-4-5-9-14(13)19-16/h1-9,19H,10H2. The number of fused-ring (bicyclic) bond motifs is 1. The summed E-state index contributed by atoms with van der Waals surface area (Å²) >= 11 is 0. The van der Waals surface area contributed by atoms with Crippen molar-refractivity contribution in [2.24, 2.45) is 4.99 Å². The average molecular weight is 276 g/mol. The molecule has 4 nitrogen and oxygen atoms in total. The fourth-order valence-corrected chi connectivity index (χ4v) is 2.55. The van der Waals surface area contributed by atoms with Crippen LogP contribution in [0.1, 0.15) is 5.56 Å². The van der Waals surface area contributed by atoms with E-state index in [0.29, 0.717) is 5.70 Å². The van der Waals surface area contributed by atoms with E-state index in [2.05, 4.69) is 5.32 Å². The highest BCUT2D eigenvalue weighted by atomic mass is 16.5. The van der Waals surface area contributed by atoms with Gasteiger partial charge in [-0.25, -0.2) is 9.79 Å². The lowest BCUT2D eigenvalue weighted by Gasteiger charge is -2.06. The van der Waals surface area contributed by atoms with Crippen molar-refractivity contribution in [3.63, 3.8) is 0 Å². The monoisotopic (exact) mass is 276 g/mol. The maximum absolute atomic E-state index is 12.0. The lowest BCUT2D eigenvalue weighted by Crippen LogP contribution is -2.11. The van der Waals surface area contributed by atoms with E-state index in [1.165, 1.54) is 0 Å². The van der Waals surface area contributed by atoms with Gasteiger partial charge in [-0.15, -0.1) is 0 Å². The molecule has 0 aromatic heterocycles. The van der Waals surface area contributed by atoms with E-state index in [4.69, 9.17) is 9.73 Å². The van der Waals surface area contributed by atoms with Crippen LogP contribution in [-0.2, 0) is 9.53 Å². The van der Waals surface area contributed by atoms with Crippen molar-refractivity contribution in [2.45, 2.75) is 0 Å². The number of aliphatic imine (C=N–C) groups is 1. The van der Waals surface area contributed by atoms with E-state index < -0.39 is 0 Å². The summed E-state index contributed by atoms with van der Waals surface area (Å²) in [6, 6.07) is 17.5. The number of ether oxygens (including phenoxy) is 1. The molecule has 0 spiro atoms. The number of benzene rings is 2. The quantitative estimate of drug-likeness (QED) is 0.814. The first-order valence-corrected chi connectivity index (χ1v) is 6.74. The van der Waals surface area contributed by atoms with Crippen molar-refractivity contribution >= 4 is 23.1 Å². The first kappa shape index (κ1) is 11.9. The Balaban J connectivity index is 1.96. The molecule has 2 aromatic rings. The highest BCUT2D eigenvalue weighted by Gasteiger charge is 2.31. The van der Waals surface area contributed by atoms with Crippen molar-refractivity contribution in [1.82, 2.24) is 0 Å². The second-order valence-corrected chi connectivity index (χ2v) is 4.90. The molecule has 4 rings (SSSR count). The highest BCUT2D eigenvalue weighted by molar-refractivity contribution is 6.20. The summed E-state index contributed by atoms with van der Waals surface area (Å²) in [5, 5.41) is 3.16. The molecule has 1 N–H and O–H groups in total. The Bertz CT molecular complexity index is 791. The summed E-state index contributed by atoms with van der Waals surface area (Å²) in [7, 11) is 0. The first-order chi connectivity index (χ1) is 10.3. The minimum atomic E-state index is -0.328. The Morgan fingerprint density at radius 1 is 1.00 bits per heavy atom. The molecular weight excluding hydrogens is 264 g/mol. The molecule has 0 aliphatic carbocycles. The Morgan fingerprint density at radius 3 is 2.62 bits per heavy atom. The van der Waals surface area contributed by atoms with Gasteiger partial charge in [-0.3, -0.25) is 0 Å². The number of carbonyl (C=O) groups is 1. The van der Waals surface area contributed by atoms with Crippen molar-refractivity contribution in [1.29, 1.82) is 0 Å². The molecular formula is C17H12N2O2. The SMILES string of the molecule is O=C1OCC2=C1Nc1ccccc1N=C2c1ccccc1. The predicted molar refractivity (Wildman–Crippen MR) is 80.7 cm³/mol. The van der Waals surface area contributed by atoms with Gasteiger partial charge in [0.25, 0.3) is 0 Å². The smallest absolute Gasteiger partial charge is 0.355 e. The number of nitrogens with zero attached hydrogens (tertiary/aromatic N) is 1. The molecule has 102 valence electrons. The average Bonchev–Trinajstić information content (AvgIpc) is 2.80. The molecule has 2 aliphatic rings. The molecule has 21 heavy (non-hydrogen) atoms. The predicted octanol–water partition coefficient (Wildman–Crippen LogP) is 3.04. The number of para-hydroxylation sites is 2. The molecule has 0 amide bonds. The molecule has 2 aliphatic heterocycles. The molecule has 0 unspecified atom stereocenters. The van der Waals surface area contributed by atoms with Gasteiger partial charge >= 0.3 is 5.97 Å². The summed E-state index contributed by atoms with van der Waals surface area (Å²) in [6.45, 7) is 0.253. The summed E-state index contributed by atoms with van der Waals surface area (Å²) in [5.41, 5.74) is 4.69. The zero-order valence-electron chi connectivity index (χ0n) is 11.2. The van der Waals surface area contributed by atoms with Crippen LogP contribution in [0.4, 0.5) is 11.4 Å². The number of carbonyl (C=O) groups excluding carboxylic acids is 1. The van der Waals surface area contributed by atoms with Gasteiger partial charge < -0.3 is 10.1 Å². The summed E-state index contributed by atoms with van der Waals surface area (Å²) in [6.07, 6.45) is 0. The van der Waals surface area contributed by atoms with E-state index in [0.717, 1.165) is 28.2 Å². The Morgan fingerprint density at radius 2 is 1.76 bits per heavy atom. The van der Waals surface area contributed by atoms with Gasteiger partial charge in [0.15, 0.2) is 0 Å². The fraction of sp³-hybridized carbons (Fsp3) is 0.0588. The van der Waals surface area contributed by atoms with Gasteiger partial charge in [-0.2, -0.15) is 0 Å². The van der Waals surface area contributed by atoms with E-state index in [9.17, 15) is 4.79 Å². The molecule has 2 aromatic carbocycles. The van der Waals surface area contributed by atoms with Crippen LogP contribution in [0.5, 0.6) is 0 Å². The Labute approximate surface area is 121 Å². The van der Waals surface area contributed by atoms with Gasteiger partial charge in [0.05, 0.1) is 17.1 Å². The number of nitrogens with one attached hydrogen (secondary N) is 1. The van der Waals surface area contributed by atoms with Crippen LogP contribution >= 0.6 is 0 Å². The summed E-state index contributed by atoms with van der Waals surface area (Å²) < 4.78 is 5.17. The maximum atomic E-state index is 12.0. The number of hydrogen-bond donors (Lipinski definition) is 1. The third kappa shape index (κ3) is 1.92. The van der Waals surface area contributed by atoms with Gasteiger partial charge in [-0.1, -0.05) is 42.5 Å². The van der Waals surface area contributed by atoms with E-state index >= 15 is 0 Å². The summed E-state index contributed by atoms with van der Waals surface area (Å²) in [4.78, 5) is 16.7. The molecule has 0 saturated heterocycles. The van der Waals surface area contributed by atoms with Crippen LogP contribution in [-0.4, -0.2) is 18.3 Å². The Kier molecular flexibility index (Phi) is 2.60. The molecule has 0 saturated carbocycles. The number of esters is 1. The van der Waals surface area contributed by atoms with Gasteiger partial charge in [0.2, 0.25) is 0 Å². The largest absolute Gasteiger partial charge is 0.456 e. The number of rotatable bonds is 1. The van der Waals surface area contributed by atoms with Crippen LogP contribution in [0.15, 0.2) is 70.9 Å². The number of anilines is 1. The minimum Gasteiger partial charge on any atom is -0.456 e. The maximum Gasteiger partial charge on any atom is 0.355 e. The fourth-order valence-electron chi connectivity index (χ4n) is 2.55. The zero-order valence-corrected chi connectivity index (χ0v) is 11.2. The summed E-state index contributed by atoms with van der Waals surface area (Å²) in [5.74, 6) is -0.328. The molecule has 0 bridgehead atoms. The van der Waals surface area contributed by atoms with E-state index in [1.807, 2.05) is 54.6 Å². The van der Waals surface area contributed by atoms with Crippen LogP contribution in [0.25, 0.3) is 0 Å². The van der Waals surface area contributed by atoms with Crippen LogP contribution in [0.2, 0.25) is 0 Å². The Hall–Kier alpha value is -2.88. The normalized spacial score (nSPS) is 16.4. The van der Waals surface area contributed by atoms with Crippen LogP contribution in [0, 0.1) is 0 Å². The lowest BCUT2D eigenvalue weighted by atomic mass is 10.0. The van der Waals surface area contributed by atoms with Crippen LogP contribution < -0.4 is 5.32 Å². The van der Waals surface area contributed by atoms with Gasteiger partial charge in [0.1, 0.15) is 12.3 Å². The number of hydrogen-bond acceptors (Lipinski definition) is 4. The molecule has 0 fully saturated rings.